The normalized spacial score (nSPS) is 11.8. The zero-order chi connectivity index (χ0) is 13.4. The van der Waals surface area contributed by atoms with Crippen LogP contribution < -0.4 is 5.32 Å². The molecule has 0 amide bonds. The molecule has 3 rings (SSSR count). The third-order valence-corrected chi connectivity index (χ3v) is 3.86. The van der Waals surface area contributed by atoms with Crippen LogP contribution in [0, 0.1) is 0 Å². The number of hydrogen-bond acceptors (Lipinski definition) is 4. The van der Waals surface area contributed by atoms with Gasteiger partial charge in [0.25, 0.3) is 0 Å². The summed E-state index contributed by atoms with van der Waals surface area (Å²) in [6, 6.07) is 2.06. The molecule has 0 aliphatic heterocycles. The SMILES string of the molecule is CNCc1c(-n2ccc(C(C)C)n2)nc2sccn12. The predicted octanol–water partition coefficient (Wildman–Crippen LogP) is 2.42. The topological polar surface area (TPSA) is 47.2 Å². The average Bonchev–Trinajstić information content (AvgIpc) is 3.04. The van der Waals surface area contributed by atoms with E-state index in [1.807, 2.05) is 23.3 Å². The third kappa shape index (κ3) is 2.06. The van der Waals surface area contributed by atoms with Crippen LogP contribution in [0.15, 0.2) is 23.8 Å². The Morgan fingerprint density at radius 2 is 2.21 bits per heavy atom. The first kappa shape index (κ1) is 12.4. The van der Waals surface area contributed by atoms with E-state index in [4.69, 9.17) is 0 Å². The van der Waals surface area contributed by atoms with Crippen molar-refractivity contribution in [3.8, 4) is 5.82 Å². The Labute approximate surface area is 115 Å². The number of fused-ring (bicyclic) bond motifs is 1. The molecule has 0 radical (unpaired) electrons. The Morgan fingerprint density at radius 3 is 2.89 bits per heavy atom. The van der Waals surface area contributed by atoms with E-state index in [9.17, 15) is 0 Å². The molecule has 0 aromatic carbocycles. The fourth-order valence-electron chi connectivity index (χ4n) is 2.10. The lowest BCUT2D eigenvalue weighted by atomic mass is 10.1. The first-order chi connectivity index (χ1) is 9.20. The molecule has 100 valence electrons. The molecule has 0 aliphatic carbocycles. The molecule has 0 bridgehead atoms. The highest BCUT2D eigenvalue weighted by Gasteiger charge is 2.15. The van der Waals surface area contributed by atoms with E-state index in [0.717, 1.165) is 28.7 Å². The Morgan fingerprint density at radius 1 is 1.37 bits per heavy atom. The van der Waals surface area contributed by atoms with Gasteiger partial charge in [0.15, 0.2) is 10.8 Å². The van der Waals surface area contributed by atoms with Gasteiger partial charge in [-0.1, -0.05) is 13.8 Å². The van der Waals surface area contributed by atoms with Crippen LogP contribution in [-0.4, -0.2) is 26.2 Å². The number of aromatic nitrogens is 4. The van der Waals surface area contributed by atoms with E-state index in [1.165, 1.54) is 0 Å². The van der Waals surface area contributed by atoms with Gasteiger partial charge in [-0.3, -0.25) is 4.40 Å². The van der Waals surface area contributed by atoms with Crippen molar-refractivity contribution in [1.82, 2.24) is 24.5 Å². The molecule has 3 aromatic heterocycles. The molecule has 0 fully saturated rings. The lowest BCUT2D eigenvalue weighted by Gasteiger charge is -2.03. The minimum atomic E-state index is 0.428. The Bertz CT molecular complexity index is 691. The van der Waals surface area contributed by atoms with Crippen LogP contribution in [0.3, 0.4) is 0 Å². The molecule has 3 aromatic rings. The number of imidazole rings is 1. The molecule has 0 spiro atoms. The van der Waals surface area contributed by atoms with Gasteiger partial charge in [0.05, 0.1) is 11.4 Å². The lowest BCUT2D eigenvalue weighted by Crippen LogP contribution is -2.11. The van der Waals surface area contributed by atoms with Crippen LogP contribution in [0.4, 0.5) is 0 Å². The highest BCUT2D eigenvalue weighted by atomic mass is 32.1. The maximum atomic E-state index is 4.68. The highest BCUT2D eigenvalue weighted by Crippen LogP contribution is 2.21. The Hall–Kier alpha value is -1.66. The second kappa shape index (κ2) is 4.79. The van der Waals surface area contributed by atoms with Gasteiger partial charge >= 0.3 is 0 Å². The van der Waals surface area contributed by atoms with Crippen molar-refractivity contribution in [2.45, 2.75) is 26.3 Å². The zero-order valence-electron chi connectivity index (χ0n) is 11.3. The van der Waals surface area contributed by atoms with Crippen molar-refractivity contribution in [3.05, 3.63) is 35.2 Å². The molecule has 1 N–H and O–H groups in total. The van der Waals surface area contributed by atoms with Gasteiger partial charge in [-0.15, -0.1) is 11.3 Å². The number of nitrogens with one attached hydrogen (secondary N) is 1. The van der Waals surface area contributed by atoms with Crippen LogP contribution in [0.5, 0.6) is 0 Å². The number of nitrogens with zero attached hydrogens (tertiary/aromatic N) is 4. The molecule has 0 atom stereocenters. The van der Waals surface area contributed by atoms with Crippen LogP contribution in [-0.2, 0) is 6.54 Å². The van der Waals surface area contributed by atoms with Gasteiger partial charge in [-0.2, -0.15) is 10.1 Å². The number of thiazole rings is 1. The summed E-state index contributed by atoms with van der Waals surface area (Å²) in [6.45, 7) is 5.06. The summed E-state index contributed by atoms with van der Waals surface area (Å²) in [6.07, 6.45) is 4.04. The number of rotatable bonds is 4. The fraction of sp³-hybridized carbons (Fsp3) is 0.385. The van der Waals surface area contributed by atoms with Crippen LogP contribution in [0.2, 0.25) is 0 Å². The fourth-order valence-corrected chi connectivity index (χ4v) is 2.83. The van der Waals surface area contributed by atoms with Crippen LogP contribution in [0.25, 0.3) is 10.8 Å². The zero-order valence-corrected chi connectivity index (χ0v) is 12.1. The first-order valence-electron chi connectivity index (χ1n) is 6.35. The summed E-state index contributed by atoms with van der Waals surface area (Å²) in [5.74, 6) is 1.34. The van der Waals surface area contributed by atoms with E-state index in [-0.39, 0.29) is 0 Å². The molecular weight excluding hydrogens is 258 g/mol. The minimum Gasteiger partial charge on any atom is -0.314 e. The summed E-state index contributed by atoms with van der Waals surface area (Å²) < 4.78 is 3.99. The summed E-state index contributed by atoms with van der Waals surface area (Å²) in [4.78, 5) is 5.68. The predicted molar refractivity (Wildman–Crippen MR) is 77.0 cm³/mol. The molecule has 6 heteroatoms. The van der Waals surface area contributed by atoms with Crippen molar-refractivity contribution in [2.24, 2.45) is 0 Å². The summed E-state index contributed by atoms with van der Waals surface area (Å²) in [5, 5.41) is 9.86. The van der Waals surface area contributed by atoms with Crippen molar-refractivity contribution in [3.63, 3.8) is 0 Å². The van der Waals surface area contributed by atoms with Gasteiger partial charge in [-0.25, -0.2) is 4.68 Å². The van der Waals surface area contributed by atoms with Gasteiger partial charge in [0.1, 0.15) is 0 Å². The average molecular weight is 275 g/mol. The molecule has 0 unspecified atom stereocenters. The van der Waals surface area contributed by atoms with Gasteiger partial charge < -0.3 is 5.32 Å². The van der Waals surface area contributed by atoms with Crippen molar-refractivity contribution in [2.75, 3.05) is 7.05 Å². The van der Waals surface area contributed by atoms with Gasteiger partial charge in [0, 0.05) is 24.3 Å². The lowest BCUT2D eigenvalue weighted by molar-refractivity contribution is 0.732. The third-order valence-electron chi connectivity index (χ3n) is 3.10. The van der Waals surface area contributed by atoms with E-state index in [1.54, 1.807) is 11.3 Å². The molecule has 5 nitrogen and oxygen atoms in total. The standard InChI is InChI=1S/C13H17N5S/c1-9(2)10-4-5-18(16-10)12-11(8-14-3)17-6-7-19-13(17)15-12/h4-7,9,14H,8H2,1-3H3. The molecule has 0 saturated heterocycles. The van der Waals surface area contributed by atoms with E-state index in [2.05, 4.69) is 45.9 Å². The van der Waals surface area contributed by atoms with Gasteiger partial charge in [-0.05, 0) is 19.0 Å². The second-order valence-electron chi connectivity index (χ2n) is 4.81. The van der Waals surface area contributed by atoms with Crippen molar-refractivity contribution in [1.29, 1.82) is 0 Å². The monoisotopic (exact) mass is 275 g/mol. The molecular formula is C13H17N5S. The van der Waals surface area contributed by atoms with Crippen LogP contribution in [0.1, 0.15) is 31.2 Å². The summed E-state index contributed by atoms with van der Waals surface area (Å²) in [5.41, 5.74) is 2.23. The van der Waals surface area contributed by atoms with E-state index >= 15 is 0 Å². The Balaban J connectivity index is 2.11. The minimum absolute atomic E-state index is 0.428. The van der Waals surface area contributed by atoms with Crippen LogP contribution >= 0.6 is 11.3 Å². The quantitative estimate of drug-likeness (QED) is 0.795. The molecule has 0 saturated carbocycles. The maximum Gasteiger partial charge on any atom is 0.196 e. The molecule has 19 heavy (non-hydrogen) atoms. The second-order valence-corrected chi connectivity index (χ2v) is 5.68. The highest BCUT2D eigenvalue weighted by molar-refractivity contribution is 7.15. The maximum absolute atomic E-state index is 4.68. The largest absolute Gasteiger partial charge is 0.314 e. The molecule has 3 heterocycles. The summed E-state index contributed by atoms with van der Waals surface area (Å²) in [7, 11) is 1.94. The first-order valence-corrected chi connectivity index (χ1v) is 7.23. The molecule has 0 aliphatic rings. The summed E-state index contributed by atoms with van der Waals surface area (Å²) >= 11 is 1.64. The number of hydrogen-bond donors (Lipinski definition) is 1. The van der Waals surface area contributed by atoms with E-state index in [0.29, 0.717) is 5.92 Å². The smallest absolute Gasteiger partial charge is 0.196 e. The van der Waals surface area contributed by atoms with Crippen molar-refractivity contribution < 1.29 is 0 Å². The van der Waals surface area contributed by atoms with Gasteiger partial charge in [0.2, 0.25) is 0 Å². The van der Waals surface area contributed by atoms with Crippen molar-refractivity contribution >= 4 is 16.3 Å². The Kier molecular flexibility index (Phi) is 3.12. The van der Waals surface area contributed by atoms with E-state index < -0.39 is 0 Å².